The van der Waals surface area contributed by atoms with Crippen LogP contribution in [-0.4, -0.2) is 35.3 Å². The highest BCUT2D eigenvalue weighted by Gasteiger charge is 2.22. The van der Waals surface area contributed by atoms with Crippen molar-refractivity contribution in [2.75, 3.05) is 31.1 Å². The van der Waals surface area contributed by atoms with E-state index in [-0.39, 0.29) is 12.1 Å². The van der Waals surface area contributed by atoms with Crippen LogP contribution in [0.3, 0.4) is 0 Å². The van der Waals surface area contributed by atoms with Gasteiger partial charge in [0.25, 0.3) is 5.56 Å². The molecule has 1 saturated heterocycles. The van der Waals surface area contributed by atoms with E-state index in [9.17, 15) is 9.59 Å². The predicted octanol–water partition coefficient (Wildman–Crippen LogP) is 3.98. The predicted molar refractivity (Wildman–Crippen MR) is 139 cm³/mol. The number of halogens is 2. The van der Waals surface area contributed by atoms with Crippen molar-refractivity contribution in [3.8, 4) is 0 Å². The number of rotatable bonds is 5. The lowest BCUT2D eigenvalue weighted by Crippen LogP contribution is -2.45. The Balaban J connectivity index is 1.79. The molecule has 0 aliphatic carbocycles. The number of fused-ring (bicyclic) bond motifs is 1. The first kappa shape index (κ1) is 22.7. The fourth-order valence-corrected chi connectivity index (χ4v) is 4.89. The second-order valence-corrected chi connectivity index (χ2v) is 9.24. The maximum absolute atomic E-state index is 13.9. The van der Waals surface area contributed by atoms with Crippen molar-refractivity contribution in [2.24, 2.45) is 0 Å². The Morgan fingerprint density at radius 1 is 0.824 bits per heavy atom. The molecular weight excluding hydrogens is 471 g/mol. The lowest BCUT2D eigenvalue weighted by Gasteiger charge is -2.31. The third-order valence-corrected chi connectivity index (χ3v) is 6.79. The van der Waals surface area contributed by atoms with E-state index in [4.69, 9.17) is 23.2 Å². The topological polar surface area (TPSA) is 59.3 Å². The molecule has 8 heteroatoms. The molecule has 3 aromatic carbocycles. The van der Waals surface area contributed by atoms with Crippen molar-refractivity contribution in [2.45, 2.75) is 13.1 Å². The number of benzene rings is 3. The summed E-state index contributed by atoms with van der Waals surface area (Å²) in [5, 5.41) is 4.84. The van der Waals surface area contributed by atoms with Crippen molar-refractivity contribution < 1.29 is 0 Å². The van der Waals surface area contributed by atoms with Gasteiger partial charge in [-0.1, -0.05) is 71.7 Å². The molecule has 0 saturated carbocycles. The molecule has 1 fully saturated rings. The summed E-state index contributed by atoms with van der Waals surface area (Å²) < 4.78 is 2.92. The normalized spacial score (nSPS) is 14.0. The maximum Gasteiger partial charge on any atom is 0.332 e. The molecule has 6 nitrogen and oxygen atoms in total. The summed E-state index contributed by atoms with van der Waals surface area (Å²) in [6.45, 7) is 3.53. The Labute approximate surface area is 207 Å². The van der Waals surface area contributed by atoms with E-state index < -0.39 is 5.69 Å². The van der Waals surface area contributed by atoms with Gasteiger partial charge in [-0.15, -0.1) is 0 Å². The van der Waals surface area contributed by atoms with Gasteiger partial charge in [-0.05, 0) is 29.3 Å². The summed E-state index contributed by atoms with van der Waals surface area (Å²) in [5.74, 6) is 0. The first-order valence-corrected chi connectivity index (χ1v) is 12.0. The van der Waals surface area contributed by atoms with Crippen LogP contribution in [0.2, 0.25) is 10.0 Å². The van der Waals surface area contributed by atoms with Gasteiger partial charge in [0.05, 0.1) is 29.7 Å². The Bertz CT molecular complexity index is 1460. The van der Waals surface area contributed by atoms with Gasteiger partial charge in [0.1, 0.15) is 0 Å². The third kappa shape index (κ3) is 4.37. The van der Waals surface area contributed by atoms with E-state index in [2.05, 4.69) is 10.2 Å². The van der Waals surface area contributed by atoms with Gasteiger partial charge in [0.15, 0.2) is 0 Å². The summed E-state index contributed by atoms with van der Waals surface area (Å²) in [5.41, 5.74) is 2.23. The van der Waals surface area contributed by atoms with Gasteiger partial charge in [0.2, 0.25) is 0 Å². The lowest BCUT2D eigenvalue weighted by atomic mass is 10.1. The molecule has 1 N–H and O–H groups in total. The van der Waals surface area contributed by atoms with Gasteiger partial charge in [0, 0.05) is 36.2 Å². The molecule has 0 atom stereocenters. The van der Waals surface area contributed by atoms with Gasteiger partial charge in [-0.2, -0.15) is 0 Å². The molecule has 5 rings (SSSR count). The first-order chi connectivity index (χ1) is 16.5. The molecule has 1 aromatic heterocycles. The number of aromatic nitrogens is 2. The largest absolute Gasteiger partial charge is 0.368 e. The molecule has 1 aliphatic heterocycles. The van der Waals surface area contributed by atoms with Crippen LogP contribution >= 0.6 is 23.2 Å². The minimum absolute atomic E-state index is 0.0890. The molecule has 1 aliphatic rings. The van der Waals surface area contributed by atoms with E-state index in [1.165, 1.54) is 4.57 Å². The van der Waals surface area contributed by atoms with Gasteiger partial charge in [-0.25, -0.2) is 4.79 Å². The Morgan fingerprint density at radius 3 is 2.26 bits per heavy atom. The Hall–Kier alpha value is -3.06. The van der Waals surface area contributed by atoms with Crippen LogP contribution in [0, 0.1) is 0 Å². The van der Waals surface area contributed by atoms with Crippen molar-refractivity contribution in [1.29, 1.82) is 0 Å². The smallest absolute Gasteiger partial charge is 0.332 e. The molecule has 0 amide bonds. The summed E-state index contributed by atoms with van der Waals surface area (Å²) in [4.78, 5) is 29.8. The number of hydrogen-bond donors (Lipinski definition) is 1. The first-order valence-electron chi connectivity index (χ1n) is 11.2. The van der Waals surface area contributed by atoms with Crippen molar-refractivity contribution in [3.05, 3.63) is 109 Å². The van der Waals surface area contributed by atoms with Crippen LogP contribution in [0.25, 0.3) is 10.9 Å². The zero-order chi connectivity index (χ0) is 23.7. The second kappa shape index (κ2) is 9.66. The molecular formula is C26H24Cl2N4O2. The van der Waals surface area contributed by atoms with Crippen LogP contribution in [0.15, 0.2) is 76.3 Å². The van der Waals surface area contributed by atoms with E-state index in [0.29, 0.717) is 33.1 Å². The second-order valence-electron chi connectivity index (χ2n) is 8.39. The number of anilines is 1. The van der Waals surface area contributed by atoms with Crippen LogP contribution in [0.5, 0.6) is 0 Å². The van der Waals surface area contributed by atoms with Crippen LogP contribution in [0.1, 0.15) is 11.1 Å². The quantitative estimate of drug-likeness (QED) is 0.455. The zero-order valence-corrected chi connectivity index (χ0v) is 20.0. The highest BCUT2D eigenvalue weighted by Crippen LogP contribution is 2.29. The van der Waals surface area contributed by atoms with Crippen LogP contribution in [0.4, 0.5) is 5.69 Å². The molecule has 0 spiro atoms. The summed E-state index contributed by atoms with van der Waals surface area (Å²) in [7, 11) is 0. The van der Waals surface area contributed by atoms with E-state index in [1.54, 1.807) is 16.7 Å². The minimum Gasteiger partial charge on any atom is -0.368 e. The lowest BCUT2D eigenvalue weighted by molar-refractivity contribution is 0.589. The van der Waals surface area contributed by atoms with Crippen molar-refractivity contribution in [3.63, 3.8) is 0 Å². The average molecular weight is 495 g/mol. The zero-order valence-electron chi connectivity index (χ0n) is 18.5. The van der Waals surface area contributed by atoms with E-state index in [1.807, 2.05) is 54.6 Å². The number of nitrogens with one attached hydrogen (secondary N) is 1. The molecule has 0 unspecified atom stereocenters. The molecule has 2 heterocycles. The molecule has 174 valence electrons. The summed E-state index contributed by atoms with van der Waals surface area (Å²) >= 11 is 12.9. The van der Waals surface area contributed by atoms with E-state index >= 15 is 0 Å². The Kier molecular flexibility index (Phi) is 6.46. The number of hydrogen-bond acceptors (Lipinski definition) is 4. The third-order valence-electron chi connectivity index (χ3n) is 6.20. The highest BCUT2D eigenvalue weighted by atomic mass is 35.5. The van der Waals surface area contributed by atoms with Gasteiger partial charge >= 0.3 is 5.69 Å². The fraction of sp³-hybridized carbons (Fsp3) is 0.231. The summed E-state index contributed by atoms with van der Waals surface area (Å²) in [6, 6.07) is 20.5. The molecule has 34 heavy (non-hydrogen) atoms. The van der Waals surface area contributed by atoms with Crippen LogP contribution < -0.4 is 21.5 Å². The molecule has 0 radical (unpaired) electrons. The van der Waals surface area contributed by atoms with Gasteiger partial charge < -0.3 is 10.2 Å². The average Bonchev–Trinajstić information content (AvgIpc) is 2.86. The number of piperazine rings is 1. The minimum atomic E-state index is -0.394. The number of nitrogens with zero attached hydrogens (tertiary/aromatic N) is 3. The maximum atomic E-state index is 13.9. The van der Waals surface area contributed by atoms with Crippen molar-refractivity contribution in [1.82, 2.24) is 14.5 Å². The molecule has 4 aromatic rings. The SMILES string of the molecule is O=c1c2c(N3CCNCC3)cc(Cl)cc2n(Cc2ccccc2)c(=O)n1Cc1ccccc1Cl. The standard InChI is InChI=1S/C26H24Cl2N4O2/c27-20-14-22(30-12-10-29-11-13-30)24-23(15-20)31(16-18-6-2-1-3-7-18)26(34)32(25(24)33)17-19-8-4-5-9-21(19)28/h1-9,14-15,29H,10-13,16-17H2. The fourth-order valence-electron chi connectivity index (χ4n) is 4.49. The Morgan fingerprint density at radius 2 is 1.53 bits per heavy atom. The summed E-state index contributed by atoms with van der Waals surface area (Å²) in [6.07, 6.45) is 0. The molecule has 0 bridgehead atoms. The highest BCUT2D eigenvalue weighted by molar-refractivity contribution is 6.32. The van der Waals surface area contributed by atoms with Crippen LogP contribution in [-0.2, 0) is 13.1 Å². The van der Waals surface area contributed by atoms with Crippen molar-refractivity contribution >= 4 is 39.8 Å². The van der Waals surface area contributed by atoms with E-state index in [0.717, 1.165) is 37.4 Å². The monoisotopic (exact) mass is 494 g/mol. The van der Waals surface area contributed by atoms with Gasteiger partial charge in [-0.3, -0.25) is 13.9 Å².